The molecule has 0 bridgehead atoms. The minimum Gasteiger partial charge on any atom is -0.494 e. The van der Waals surface area contributed by atoms with Crippen molar-refractivity contribution < 1.29 is 14.3 Å². The van der Waals surface area contributed by atoms with Crippen LogP contribution in [-0.2, 0) is 11.3 Å². The van der Waals surface area contributed by atoms with Crippen LogP contribution in [0.15, 0.2) is 42.5 Å². The molecule has 0 spiro atoms. The number of benzene rings is 2. The van der Waals surface area contributed by atoms with E-state index in [-0.39, 0.29) is 5.91 Å². The Morgan fingerprint density at radius 1 is 1.09 bits per heavy atom. The lowest BCUT2D eigenvalue weighted by atomic mass is 10.1. The molecule has 0 saturated carbocycles. The Kier molecular flexibility index (Phi) is 6.18. The minimum atomic E-state index is -0.139. The summed E-state index contributed by atoms with van der Waals surface area (Å²) < 4.78 is 11.1. The molecule has 0 aliphatic rings. The number of para-hydroxylation sites is 1. The molecule has 2 aromatic rings. The molecule has 2 rings (SSSR count). The van der Waals surface area contributed by atoms with Gasteiger partial charge in [0.15, 0.2) is 0 Å². The summed E-state index contributed by atoms with van der Waals surface area (Å²) in [5.74, 6) is 0.619. The summed E-state index contributed by atoms with van der Waals surface area (Å²) in [6.45, 7) is 7.46. The zero-order valence-electron chi connectivity index (χ0n) is 13.9. The highest BCUT2D eigenvalue weighted by Gasteiger charge is 2.12. The second kappa shape index (κ2) is 8.34. The number of ether oxygens (including phenoxy) is 2. The lowest BCUT2D eigenvalue weighted by Gasteiger charge is -2.13. The van der Waals surface area contributed by atoms with Gasteiger partial charge in [0.1, 0.15) is 5.75 Å². The molecule has 0 aromatic heterocycles. The topological polar surface area (TPSA) is 47.6 Å². The van der Waals surface area contributed by atoms with Crippen LogP contribution in [0, 0.1) is 6.92 Å². The molecule has 1 amide bonds. The van der Waals surface area contributed by atoms with Crippen molar-refractivity contribution in [1.29, 1.82) is 0 Å². The third kappa shape index (κ3) is 4.57. The van der Waals surface area contributed by atoms with Crippen LogP contribution in [0.1, 0.15) is 35.3 Å². The molecule has 23 heavy (non-hydrogen) atoms. The summed E-state index contributed by atoms with van der Waals surface area (Å²) in [5.41, 5.74) is 3.32. The van der Waals surface area contributed by atoms with Crippen LogP contribution < -0.4 is 10.1 Å². The molecule has 1 N–H and O–H groups in total. The molecule has 0 saturated heterocycles. The Morgan fingerprint density at radius 3 is 2.57 bits per heavy atom. The van der Waals surface area contributed by atoms with Gasteiger partial charge in [-0.15, -0.1) is 0 Å². The standard InChI is InChI=1S/C19H23NO3/c1-4-22-13-16-12-15(10-11-18(16)23-5-2)19(21)20-17-9-7-6-8-14(17)3/h6-12H,4-5,13H2,1-3H3,(H,20,21). The summed E-state index contributed by atoms with van der Waals surface area (Å²) in [4.78, 5) is 12.5. The molecule has 0 heterocycles. The molecule has 0 fully saturated rings. The Bertz CT molecular complexity index is 667. The van der Waals surface area contributed by atoms with Gasteiger partial charge in [-0.1, -0.05) is 18.2 Å². The van der Waals surface area contributed by atoms with Crippen LogP contribution >= 0.6 is 0 Å². The SMILES string of the molecule is CCOCc1cc(C(=O)Nc2ccccc2C)ccc1OCC. The van der Waals surface area contributed by atoms with Crippen LogP contribution in [0.3, 0.4) is 0 Å². The fourth-order valence-corrected chi connectivity index (χ4v) is 2.25. The maximum Gasteiger partial charge on any atom is 0.255 e. The van der Waals surface area contributed by atoms with Crippen molar-refractivity contribution in [1.82, 2.24) is 0 Å². The lowest BCUT2D eigenvalue weighted by Crippen LogP contribution is -2.13. The van der Waals surface area contributed by atoms with Crippen molar-refractivity contribution in [2.45, 2.75) is 27.4 Å². The summed E-state index contributed by atoms with van der Waals surface area (Å²) in [6.07, 6.45) is 0. The van der Waals surface area contributed by atoms with Gasteiger partial charge in [0.25, 0.3) is 5.91 Å². The van der Waals surface area contributed by atoms with E-state index in [1.54, 1.807) is 6.07 Å². The second-order valence-electron chi connectivity index (χ2n) is 5.16. The van der Waals surface area contributed by atoms with Gasteiger partial charge in [-0.25, -0.2) is 0 Å². The van der Waals surface area contributed by atoms with E-state index in [9.17, 15) is 4.79 Å². The number of amides is 1. The van der Waals surface area contributed by atoms with Crippen molar-refractivity contribution in [3.8, 4) is 5.75 Å². The number of aryl methyl sites for hydroxylation is 1. The van der Waals surface area contributed by atoms with Crippen molar-refractivity contribution in [2.75, 3.05) is 18.5 Å². The van der Waals surface area contributed by atoms with Crippen molar-refractivity contribution in [2.24, 2.45) is 0 Å². The molecule has 4 heteroatoms. The zero-order valence-corrected chi connectivity index (χ0v) is 13.9. The molecule has 2 aromatic carbocycles. The first-order valence-electron chi connectivity index (χ1n) is 7.86. The Labute approximate surface area is 137 Å². The fourth-order valence-electron chi connectivity index (χ4n) is 2.25. The van der Waals surface area contributed by atoms with Crippen LogP contribution in [0.5, 0.6) is 5.75 Å². The fraction of sp³-hybridized carbons (Fsp3) is 0.316. The van der Waals surface area contributed by atoms with Crippen LogP contribution in [-0.4, -0.2) is 19.1 Å². The number of hydrogen-bond donors (Lipinski definition) is 1. The van der Waals surface area contributed by atoms with E-state index in [2.05, 4.69) is 5.32 Å². The van der Waals surface area contributed by atoms with Crippen LogP contribution in [0.2, 0.25) is 0 Å². The first-order chi connectivity index (χ1) is 11.2. The number of hydrogen-bond acceptors (Lipinski definition) is 3. The minimum absolute atomic E-state index is 0.139. The molecule has 0 atom stereocenters. The van der Waals surface area contributed by atoms with E-state index in [1.165, 1.54) is 0 Å². The third-order valence-electron chi connectivity index (χ3n) is 3.48. The third-order valence-corrected chi connectivity index (χ3v) is 3.48. The van der Waals surface area contributed by atoms with Gasteiger partial charge >= 0.3 is 0 Å². The van der Waals surface area contributed by atoms with Gasteiger partial charge in [-0.3, -0.25) is 4.79 Å². The smallest absolute Gasteiger partial charge is 0.255 e. The van der Waals surface area contributed by atoms with Crippen LogP contribution in [0.4, 0.5) is 5.69 Å². The van der Waals surface area contributed by atoms with Gasteiger partial charge in [0.2, 0.25) is 0 Å². The number of carbonyl (C=O) groups is 1. The van der Waals surface area contributed by atoms with Gasteiger partial charge < -0.3 is 14.8 Å². The maximum atomic E-state index is 12.5. The van der Waals surface area contributed by atoms with E-state index in [4.69, 9.17) is 9.47 Å². The predicted molar refractivity (Wildman–Crippen MR) is 92.1 cm³/mol. The summed E-state index contributed by atoms with van der Waals surface area (Å²) >= 11 is 0. The van der Waals surface area contributed by atoms with E-state index in [0.29, 0.717) is 25.4 Å². The summed E-state index contributed by atoms with van der Waals surface area (Å²) in [7, 11) is 0. The second-order valence-corrected chi connectivity index (χ2v) is 5.16. The molecular weight excluding hydrogens is 290 g/mol. The van der Waals surface area contributed by atoms with E-state index >= 15 is 0 Å². The van der Waals surface area contributed by atoms with Gasteiger partial charge in [-0.2, -0.15) is 0 Å². The Morgan fingerprint density at radius 2 is 1.87 bits per heavy atom. The lowest BCUT2D eigenvalue weighted by molar-refractivity contribution is 0.102. The first kappa shape index (κ1) is 17.0. The number of carbonyl (C=O) groups excluding carboxylic acids is 1. The van der Waals surface area contributed by atoms with E-state index < -0.39 is 0 Å². The molecule has 0 radical (unpaired) electrons. The molecule has 4 nitrogen and oxygen atoms in total. The zero-order chi connectivity index (χ0) is 16.7. The number of rotatable bonds is 7. The molecular formula is C19H23NO3. The average molecular weight is 313 g/mol. The van der Waals surface area contributed by atoms with Crippen molar-refractivity contribution >= 4 is 11.6 Å². The average Bonchev–Trinajstić information content (AvgIpc) is 2.56. The predicted octanol–water partition coefficient (Wildman–Crippen LogP) is 4.18. The number of anilines is 1. The van der Waals surface area contributed by atoms with Gasteiger partial charge in [0, 0.05) is 23.4 Å². The monoisotopic (exact) mass is 313 g/mol. The first-order valence-corrected chi connectivity index (χ1v) is 7.86. The maximum absolute atomic E-state index is 12.5. The molecule has 0 unspecified atom stereocenters. The Hall–Kier alpha value is -2.33. The molecule has 0 aliphatic heterocycles. The van der Waals surface area contributed by atoms with Crippen molar-refractivity contribution in [3.63, 3.8) is 0 Å². The van der Waals surface area contributed by atoms with Gasteiger partial charge in [0.05, 0.1) is 13.2 Å². The highest BCUT2D eigenvalue weighted by atomic mass is 16.5. The van der Waals surface area contributed by atoms with E-state index in [1.807, 2.05) is 57.2 Å². The number of nitrogens with one attached hydrogen (secondary N) is 1. The highest BCUT2D eigenvalue weighted by Crippen LogP contribution is 2.22. The normalized spacial score (nSPS) is 10.4. The van der Waals surface area contributed by atoms with Crippen molar-refractivity contribution in [3.05, 3.63) is 59.2 Å². The Balaban J connectivity index is 2.21. The molecule has 122 valence electrons. The summed E-state index contributed by atoms with van der Waals surface area (Å²) in [5, 5.41) is 2.94. The quantitative estimate of drug-likeness (QED) is 0.834. The van der Waals surface area contributed by atoms with Crippen LogP contribution in [0.25, 0.3) is 0 Å². The largest absolute Gasteiger partial charge is 0.494 e. The summed E-state index contributed by atoms with van der Waals surface area (Å²) in [6, 6.07) is 13.1. The van der Waals surface area contributed by atoms with E-state index in [0.717, 1.165) is 22.6 Å². The highest BCUT2D eigenvalue weighted by molar-refractivity contribution is 6.04. The van der Waals surface area contributed by atoms with Gasteiger partial charge in [-0.05, 0) is 50.6 Å². The molecule has 0 aliphatic carbocycles.